The number of carbonyl (C=O) groups excluding carboxylic acids is 2. The number of carbonyl (C=O) groups is 2. The largest absolute Gasteiger partial charge is 0.466 e. The summed E-state index contributed by atoms with van der Waals surface area (Å²) in [6, 6.07) is 14.7. The number of para-hydroxylation sites is 1. The van der Waals surface area contributed by atoms with Gasteiger partial charge in [-0.25, -0.2) is 4.79 Å². The van der Waals surface area contributed by atoms with E-state index < -0.39 is 28.3 Å². The van der Waals surface area contributed by atoms with Crippen molar-refractivity contribution >= 4 is 17.6 Å². The average molecular weight is 378 g/mol. The third-order valence-corrected chi connectivity index (χ3v) is 5.71. The molecule has 2 aromatic carbocycles. The molecule has 0 aromatic heterocycles. The molecule has 0 saturated carbocycles. The monoisotopic (exact) mass is 378 g/mol. The Kier molecular flexibility index (Phi) is 4.03. The van der Waals surface area contributed by atoms with Gasteiger partial charge in [0.25, 0.3) is 0 Å². The number of methoxy groups -OCH3 is 1. The van der Waals surface area contributed by atoms with Crippen LogP contribution in [0.25, 0.3) is 0 Å². The van der Waals surface area contributed by atoms with Gasteiger partial charge in [-0.15, -0.1) is 0 Å². The number of nitro groups is 1. The fraction of sp³-hybridized carbons (Fsp3) is 0.238. The van der Waals surface area contributed by atoms with E-state index in [0.29, 0.717) is 16.8 Å². The molecular weight excluding hydrogens is 360 g/mol. The molecule has 1 aliphatic carbocycles. The van der Waals surface area contributed by atoms with Gasteiger partial charge in [-0.3, -0.25) is 14.9 Å². The second-order valence-corrected chi connectivity index (χ2v) is 6.93. The van der Waals surface area contributed by atoms with Gasteiger partial charge in [0.1, 0.15) is 5.41 Å². The standard InChI is InChI=1S/C21H18N2O5/c1-22-16-11-7-6-10-14(16)21(20(22)25)15(19(24)28-2)12-17(23(26)27)18(21)13-8-4-3-5-9-13/h3-12,17-18H,1-2H3. The van der Waals surface area contributed by atoms with Gasteiger partial charge in [0.05, 0.1) is 18.6 Å². The number of amides is 1. The number of nitrogens with zero attached hydrogens (tertiary/aromatic N) is 2. The number of benzene rings is 2. The van der Waals surface area contributed by atoms with E-state index in [0.717, 1.165) is 0 Å². The highest BCUT2D eigenvalue weighted by Gasteiger charge is 2.67. The number of esters is 1. The van der Waals surface area contributed by atoms with Crippen LogP contribution in [0.1, 0.15) is 17.0 Å². The first kappa shape index (κ1) is 17.9. The molecule has 1 amide bonds. The molecule has 28 heavy (non-hydrogen) atoms. The van der Waals surface area contributed by atoms with Crippen molar-refractivity contribution in [2.24, 2.45) is 0 Å². The van der Waals surface area contributed by atoms with Gasteiger partial charge in [-0.1, -0.05) is 48.5 Å². The molecule has 7 heteroatoms. The first-order chi connectivity index (χ1) is 13.4. The lowest BCUT2D eigenvalue weighted by atomic mass is 9.66. The minimum atomic E-state index is -1.50. The smallest absolute Gasteiger partial charge is 0.335 e. The molecule has 0 bridgehead atoms. The lowest BCUT2D eigenvalue weighted by Crippen LogP contribution is -2.47. The molecule has 7 nitrogen and oxygen atoms in total. The number of rotatable bonds is 3. The van der Waals surface area contributed by atoms with Crippen molar-refractivity contribution < 1.29 is 19.2 Å². The van der Waals surface area contributed by atoms with Crippen LogP contribution < -0.4 is 4.90 Å². The summed E-state index contributed by atoms with van der Waals surface area (Å²) < 4.78 is 4.93. The highest BCUT2D eigenvalue weighted by atomic mass is 16.6. The molecule has 0 saturated heterocycles. The van der Waals surface area contributed by atoms with Crippen LogP contribution in [0.15, 0.2) is 66.2 Å². The SMILES string of the molecule is COC(=O)C1=CC([N+](=O)[O-])C(c2ccccc2)C12C(=O)N(C)c1ccccc12. The Bertz CT molecular complexity index is 1020. The molecule has 0 fully saturated rings. The maximum Gasteiger partial charge on any atom is 0.335 e. The van der Waals surface area contributed by atoms with Crippen molar-refractivity contribution in [1.82, 2.24) is 0 Å². The molecule has 142 valence electrons. The second kappa shape index (κ2) is 6.30. The predicted octanol–water partition coefficient (Wildman–Crippen LogP) is 2.44. The third-order valence-electron chi connectivity index (χ3n) is 5.71. The van der Waals surface area contributed by atoms with Crippen molar-refractivity contribution in [1.29, 1.82) is 0 Å². The van der Waals surface area contributed by atoms with E-state index in [9.17, 15) is 19.7 Å². The summed E-state index contributed by atoms with van der Waals surface area (Å²) in [5.41, 5.74) is 0.354. The van der Waals surface area contributed by atoms with Gasteiger partial charge in [-0.05, 0) is 17.2 Å². The first-order valence-electron chi connectivity index (χ1n) is 8.81. The first-order valence-corrected chi connectivity index (χ1v) is 8.81. The van der Waals surface area contributed by atoms with E-state index in [2.05, 4.69) is 0 Å². The normalized spacial score (nSPS) is 25.6. The Hall–Kier alpha value is -3.48. The molecule has 4 rings (SSSR count). The number of anilines is 1. The van der Waals surface area contributed by atoms with E-state index in [1.54, 1.807) is 61.6 Å². The molecule has 0 N–H and O–H groups in total. The van der Waals surface area contributed by atoms with Crippen molar-refractivity contribution in [2.75, 3.05) is 19.1 Å². The number of likely N-dealkylation sites (N-methyl/N-ethyl adjacent to an activating group) is 1. The summed E-state index contributed by atoms with van der Waals surface area (Å²) in [5, 5.41) is 12.0. The Labute approximate surface area is 161 Å². The van der Waals surface area contributed by atoms with Gasteiger partial charge in [0.15, 0.2) is 0 Å². The van der Waals surface area contributed by atoms with Crippen LogP contribution in [-0.4, -0.2) is 37.0 Å². The fourth-order valence-corrected chi connectivity index (χ4v) is 4.60. The summed E-state index contributed by atoms with van der Waals surface area (Å²) in [6.45, 7) is 0. The van der Waals surface area contributed by atoms with Crippen molar-refractivity contribution in [3.63, 3.8) is 0 Å². The Morgan fingerprint density at radius 3 is 2.43 bits per heavy atom. The van der Waals surface area contributed by atoms with Crippen molar-refractivity contribution in [3.05, 3.63) is 87.5 Å². The van der Waals surface area contributed by atoms with Crippen LogP contribution in [0, 0.1) is 10.1 Å². The van der Waals surface area contributed by atoms with Gasteiger partial charge in [0.2, 0.25) is 11.9 Å². The number of hydrogen-bond donors (Lipinski definition) is 0. The van der Waals surface area contributed by atoms with Crippen LogP contribution in [0.4, 0.5) is 5.69 Å². The molecule has 2 aromatic rings. The highest BCUT2D eigenvalue weighted by molar-refractivity contribution is 6.16. The van der Waals surface area contributed by atoms with Crippen LogP contribution in [0.3, 0.4) is 0 Å². The van der Waals surface area contributed by atoms with Gasteiger partial charge in [-0.2, -0.15) is 0 Å². The Balaban J connectivity index is 2.08. The van der Waals surface area contributed by atoms with E-state index >= 15 is 0 Å². The van der Waals surface area contributed by atoms with E-state index in [4.69, 9.17) is 4.74 Å². The molecule has 3 unspecified atom stereocenters. The third kappa shape index (κ3) is 2.16. The van der Waals surface area contributed by atoms with Gasteiger partial charge in [0, 0.05) is 23.7 Å². The van der Waals surface area contributed by atoms with Gasteiger partial charge >= 0.3 is 5.97 Å². The summed E-state index contributed by atoms with van der Waals surface area (Å²) in [4.78, 5) is 39.3. The molecule has 1 heterocycles. The number of hydrogen-bond acceptors (Lipinski definition) is 5. The maximum absolute atomic E-state index is 13.6. The molecule has 3 atom stereocenters. The molecule has 0 radical (unpaired) electrons. The van der Waals surface area contributed by atoms with E-state index in [1.807, 2.05) is 0 Å². The predicted molar refractivity (Wildman–Crippen MR) is 102 cm³/mol. The minimum Gasteiger partial charge on any atom is -0.466 e. The van der Waals surface area contributed by atoms with E-state index in [-0.39, 0.29) is 11.5 Å². The van der Waals surface area contributed by atoms with Crippen LogP contribution in [0.5, 0.6) is 0 Å². The highest BCUT2D eigenvalue weighted by Crippen LogP contribution is 2.58. The molecule has 1 aliphatic heterocycles. The second-order valence-electron chi connectivity index (χ2n) is 6.93. The van der Waals surface area contributed by atoms with E-state index in [1.165, 1.54) is 18.1 Å². The van der Waals surface area contributed by atoms with Crippen LogP contribution in [0.2, 0.25) is 0 Å². The number of fused-ring (bicyclic) bond motifs is 2. The zero-order valence-corrected chi connectivity index (χ0v) is 15.4. The lowest BCUT2D eigenvalue weighted by molar-refractivity contribution is -0.512. The molecular formula is C21H18N2O5. The lowest BCUT2D eigenvalue weighted by Gasteiger charge is -2.32. The maximum atomic E-state index is 13.6. The summed E-state index contributed by atoms with van der Waals surface area (Å²) in [6.07, 6.45) is 1.29. The van der Waals surface area contributed by atoms with Crippen LogP contribution in [-0.2, 0) is 19.7 Å². The minimum absolute atomic E-state index is 0.0207. The Morgan fingerprint density at radius 2 is 1.79 bits per heavy atom. The zero-order valence-electron chi connectivity index (χ0n) is 15.4. The van der Waals surface area contributed by atoms with Crippen molar-refractivity contribution in [3.8, 4) is 0 Å². The summed E-state index contributed by atoms with van der Waals surface area (Å²) >= 11 is 0. The zero-order chi connectivity index (χ0) is 20.1. The van der Waals surface area contributed by atoms with Crippen molar-refractivity contribution in [2.45, 2.75) is 17.4 Å². The molecule has 2 aliphatic rings. The fourth-order valence-electron chi connectivity index (χ4n) is 4.60. The van der Waals surface area contributed by atoms with Crippen LogP contribution >= 0.6 is 0 Å². The Morgan fingerprint density at radius 1 is 1.14 bits per heavy atom. The molecule has 1 spiro atoms. The quantitative estimate of drug-likeness (QED) is 0.465. The summed E-state index contributed by atoms with van der Waals surface area (Å²) in [5.74, 6) is -1.97. The average Bonchev–Trinajstić information content (AvgIpc) is 3.19. The van der Waals surface area contributed by atoms with Gasteiger partial charge < -0.3 is 9.64 Å². The number of ether oxygens (including phenoxy) is 1. The topological polar surface area (TPSA) is 89.7 Å². The summed E-state index contributed by atoms with van der Waals surface area (Å²) in [7, 11) is 2.83.